The average Bonchev–Trinajstić information content (AvgIpc) is 3.43. The highest BCUT2D eigenvalue weighted by atomic mass is 19.1. The third-order valence-corrected chi connectivity index (χ3v) is 5.11. The molecule has 8 nitrogen and oxygen atoms in total. The van der Waals surface area contributed by atoms with E-state index in [0.717, 1.165) is 12.0 Å². The van der Waals surface area contributed by atoms with Crippen LogP contribution in [0.2, 0.25) is 0 Å². The second-order valence-electron chi connectivity index (χ2n) is 7.33. The highest BCUT2D eigenvalue weighted by Gasteiger charge is 2.33. The van der Waals surface area contributed by atoms with E-state index in [1.54, 1.807) is 23.2 Å². The van der Waals surface area contributed by atoms with Crippen LogP contribution in [0.4, 0.5) is 4.39 Å². The normalized spacial score (nSPS) is 15.8. The number of carbonyl (C=O) groups is 2. The molecule has 0 spiro atoms. The summed E-state index contributed by atoms with van der Waals surface area (Å²) in [6, 6.07) is 7.15. The Morgan fingerprint density at radius 3 is 2.81 bits per heavy atom. The summed E-state index contributed by atoms with van der Waals surface area (Å²) >= 11 is 0. The number of aromatic nitrogens is 2. The first-order valence-corrected chi connectivity index (χ1v) is 9.90. The van der Waals surface area contributed by atoms with Crippen molar-refractivity contribution in [2.24, 2.45) is 0 Å². The molecule has 3 heterocycles. The first-order chi connectivity index (χ1) is 15.0. The van der Waals surface area contributed by atoms with Gasteiger partial charge in [-0.05, 0) is 36.6 Å². The molecule has 0 bridgehead atoms. The van der Waals surface area contributed by atoms with E-state index in [9.17, 15) is 19.1 Å². The van der Waals surface area contributed by atoms with Crippen LogP contribution in [0.1, 0.15) is 46.5 Å². The summed E-state index contributed by atoms with van der Waals surface area (Å²) < 4.78 is 18.9. The fraction of sp³-hybridized carbons (Fsp3) is 0.273. The summed E-state index contributed by atoms with van der Waals surface area (Å²) in [7, 11) is 0. The summed E-state index contributed by atoms with van der Waals surface area (Å²) in [6.07, 6.45) is 6.15. The minimum absolute atomic E-state index is 0.126. The van der Waals surface area contributed by atoms with Crippen LogP contribution in [0, 0.1) is 5.82 Å². The second kappa shape index (κ2) is 8.95. The van der Waals surface area contributed by atoms with Gasteiger partial charge in [0.25, 0.3) is 5.91 Å². The molecular formula is C22H21FN4O4. The van der Waals surface area contributed by atoms with Gasteiger partial charge in [0.15, 0.2) is 0 Å². The molecule has 4 rings (SSSR count). The molecule has 2 N–H and O–H groups in total. The molecule has 1 atom stereocenters. The second-order valence-corrected chi connectivity index (χ2v) is 7.33. The van der Waals surface area contributed by atoms with Gasteiger partial charge in [-0.1, -0.05) is 12.1 Å². The summed E-state index contributed by atoms with van der Waals surface area (Å²) in [5.74, 6) is -0.0852. The highest BCUT2D eigenvalue weighted by Crippen LogP contribution is 2.31. The van der Waals surface area contributed by atoms with Crippen molar-refractivity contribution in [1.82, 2.24) is 20.2 Å². The van der Waals surface area contributed by atoms with Crippen molar-refractivity contribution in [2.45, 2.75) is 25.3 Å². The third kappa shape index (κ3) is 4.88. The maximum absolute atomic E-state index is 13.1. The minimum Gasteiger partial charge on any atom is -0.506 e. The summed E-state index contributed by atoms with van der Waals surface area (Å²) in [6.45, 7) is 0.358. The number of benzene rings is 1. The van der Waals surface area contributed by atoms with Gasteiger partial charge in [-0.25, -0.2) is 9.37 Å². The summed E-state index contributed by atoms with van der Waals surface area (Å²) in [5, 5.41) is 12.0. The number of hydrogen-bond acceptors (Lipinski definition) is 6. The lowest BCUT2D eigenvalue weighted by Crippen LogP contribution is -2.40. The number of nitrogens with one attached hydrogen (secondary N) is 1. The number of rotatable bonds is 6. The molecule has 9 heteroatoms. The van der Waals surface area contributed by atoms with Crippen molar-refractivity contribution >= 4 is 11.8 Å². The first kappa shape index (κ1) is 20.5. The summed E-state index contributed by atoms with van der Waals surface area (Å²) in [4.78, 5) is 34.6. The number of carbonyl (C=O) groups excluding carboxylic acids is 2. The Morgan fingerprint density at radius 2 is 2.03 bits per heavy atom. The predicted octanol–water partition coefficient (Wildman–Crippen LogP) is 2.60. The van der Waals surface area contributed by atoms with E-state index in [1.807, 2.05) is 0 Å². The fourth-order valence-electron chi connectivity index (χ4n) is 3.60. The molecule has 0 aliphatic carbocycles. The molecule has 2 amide bonds. The van der Waals surface area contributed by atoms with Gasteiger partial charge in [0, 0.05) is 19.2 Å². The van der Waals surface area contributed by atoms with E-state index in [-0.39, 0.29) is 35.6 Å². The third-order valence-electron chi connectivity index (χ3n) is 5.11. The fourth-order valence-corrected chi connectivity index (χ4v) is 3.60. The molecule has 1 saturated heterocycles. The van der Waals surface area contributed by atoms with E-state index in [0.29, 0.717) is 31.0 Å². The van der Waals surface area contributed by atoms with Crippen LogP contribution in [0.15, 0.2) is 53.3 Å². The van der Waals surface area contributed by atoms with Gasteiger partial charge < -0.3 is 19.7 Å². The van der Waals surface area contributed by atoms with Crippen LogP contribution in [-0.2, 0) is 11.2 Å². The summed E-state index contributed by atoms with van der Waals surface area (Å²) in [5.41, 5.74) is 1.07. The number of oxazole rings is 1. The zero-order valence-electron chi connectivity index (χ0n) is 16.6. The largest absolute Gasteiger partial charge is 0.506 e. The molecule has 31 heavy (non-hydrogen) atoms. The lowest BCUT2D eigenvalue weighted by Gasteiger charge is -2.22. The Labute approximate surface area is 177 Å². The van der Waals surface area contributed by atoms with E-state index < -0.39 is 5.91 Å². The SMILES string of the molecule is O=C(NCC(=O)N1CCC[C@@H]1c1ncc(Cc2ccc(F)cc2)o1)c1cncc(O)c1. The van der Waals surface area contributed by atoms with Crippen molar-refractivity contribution in [1.29, 1.82) is 0 Å². The van der Waals surface area contributed by atoms with E-state index in [1.165, 1.54) is 30.6 Å². The number of hydrogen-bond donors (Lipinski definition) is 2. The number of halogens is 1. The van der Waals surface area contributed by atoms with Gasteiger partial charge >= 0.3 is 0 Å². The molecule has 0 radical (unpaired) electrons. The number of pyridine rings is 1. The van der Waals surface area contributed by atoms with Crippen LogP contribution < -0.4 is 5.32 Å². The maximum atomic E-state index is 13.1. The van der Waals surface area contributed by atoms with Crippen LogP contribution in [-0.4, -0.2) is 44.9 Å². The van der Waals surface area contributed by atoms with Crippen molar-refractivity contribution in [3.05, 3.63) is 77.5 Å². The van der Waals surface area contributed by atoms with E-state index in [2.05, 4.69) is 15.3 Å². The zero-order valence-corrected chi connectivity index (χ0v) is 16.6. The Balaban J connectivity index is 1.37. The molecule has 2 aromatic heterocycles. The van der Waals surface area contributed by atoms with E-state index in [4.69, 9.17) is 4.42 Å². The van der Waals surface area contributed by atoms with E-state index >= 15 is 0 Å². The Hall–Kier alpha value is -3.75. The molecule has 3 aromatic rings. The molecule has 1 aliphatic heterocycles. The van der Waals surface area contributed by atoms with Crippen LogP contribution in [0.3, 0.4) is 0 Å². The zero-order chi connectivity index (χ0) is 21.8. The smallest absolute Gasteiger partial charge is 0.253 e. The van der Waals surface area contributed by atoms with Crippen molar-refractivity contribution in [3.63, 3.8) is 0 Å². The van der Waals surface area contributed by atoms with Gasteiger partial charge in [0.05, 0.1) is 24.5 Å². The van der Waals surface area contributed by atoms with Crippen molar-refractivity contribution in [3.8, 4) is 5.75 Å². The molecule has 1 aliphatic rings. The topological polar surface area (TPSA) is 109 Å². The maximum Gasteiger partial charge on any atom is 0.253 e. The standard InChI is InChI=1S/C22H21FN4O4/c23-16-5-3-14(4-6-16)8-18-12-26-22(31-18)19-2-1-7-27(19)20(29)13-25-21(30)15-9-17(28)11-24-10-15/h3-6,9-12,19,28H,1-2,7-8,13H2,(H,25,30)/t19-/m1/s1. The van der Waals surface area contributed by atoms with Crippen LogP contribution >= 0.6 is 0 Å². The molecule has 0 unspecified atom stereocenters. The molecule has 160 valence electrons. The van der Waals surface area contributed by atoms with Gasteiger partial charge in [-0.3, -0.25) is 14.6 Å². The van der Waals surface area contributed by atoms with Gasteiger partial charge in [-0.15, -0.1) is 0 Å². The first-order valence-electron chi connectivity index (χ1n) is 9.90. The minimum atomic E-state index is -0.495. The average molecular weight is 424 g/mol. The predicted molar refractivity (Wildman–Crippen MR) is 108 cm³/mol. The van der Waals surface area contributed by atoms with Crippen molar-refractivity contribution in [2.75, 3.05) is 13.1 Å². The molecule has 1 fully saturated rings. The number of likely N-dealkylation sites (tertiary alicyclic amines) is 1. The lowest BCUT2D eigenvalue weighted by molar-refractivity contribution is -0.131. The Kier molecular flexibility index (Phi) is 5.92. The van der Waals surface area contributed by atoms with Gasteiger partial charge in [0.2, 0.25) is 11.8 Å². The molecule has 1 aromatic carbocycles. The van der Waals surface area contributed by atoms with Gasteiger partial charge in [0.1, 0.15) is 23.4 Å². The number of nitrogens with zero attached hydrogens (tertiary/aromatic N) is 3. The van der Waals surface area contributed by atoms with Crippen LogP contribution in [0.5, 0.6) is 5.75 Å². The number of aromatic hydroxyl groups is 1. The Bertz CT molecular complexity index is 1080. The van der Waals surface area contributed by atoms with Crippen molar-refractivity contribution < 1.29 is 23.5 Å². The Morgan fingerprint density at radius 1 is 1.23 bits per heavy atom. The number of amides is 2. The highest BCUT2D eigenvalue weighted by molar-refractivity contribution is 5.96. The monoisotopic (exact) mass is 424 g/mol. The quantitative estimate of drug-likeness (QED) is 0.630. The lowest BCUT2D eigenvalue weighted by atomic mass is 10.1. The molecular weight excluding hydrogens is 403 g/mol. The molecule has 0 saturated carbocycles. The van der Waals surface area contributed by atoms with Crippen LogP contribution in [0.25, 0.3) is 0 Å². The van der Waals surface area contributed by atoms with Gasteiger partial charge in [-0.2, -0.15) is 0 Å².